The zero-order valence-electron chi connectivity index (χ0n) is 19.9. The second-order valence-corrected chi connectivity index (χ2v) is 10.2. The topological polar surface area (TPSA) is 109 Å². The molecule has 1 aliphatic heterocycles. The van der Waals surface area contributed by atoms with Gasteiger partial charge in [-0.3, -0.25) is 9.59 Å². The van der Waals surface area contributed by atoms with Crippen LogP contribution < -0.4 is 4.90 Å². The first kappa shape index (κ1) is 25.4. The number of nitrogens with zero attached hydrogens (tertiary/aromatic N) is 4. The van der Waals surface area contributed by atoms with E-state index in [0.717, 1.165) is 9.99 Å². The Morgan fingerprint density at radius 1 is 1.06 bits per heavy atom. The molecule has 0 bridgehead atoms. The van der Waals surface area contributed by atoms with Crippen molar-refractivity contribution < 1.29 is 27.5 Å². The van der Waals surface area contributed by atoms with Crippen LogP contribution in [0.1, 0.15) is 34.7 Å². The summed E-state index contributed by atoms with van der Waals surface area (Å²) in [6.07, 6.45) is 1.33. The van der Waals surface area contributed by atoms with Gasteiger partial charge in [-0.1, -0.05) is 0 Å². The number of piperazine rings is 1. The molecule has 0 spiro atoms. The summed E-state index contributed by atoms with van der Waals surface area (Å²) in [6.45, 7) is 5.18. The number of Topliss-reactive ketones (excluding diaryl/α,β-unsaturated/α-hetero) is 1. The van der Waals surface area contributed by atoms with Gasteiger partial charge < -0.3 is 19.1 Å². The number of anilines is 1. The molecule has 1 aromatic heterocycles. The van der Waals surface area contributed by atoms with Crippen LogP contribution in [0.3, 0.4) is 0 Å². The Morgan fingerprint density at radius 2 is 1.68 bits per heavy atom. The number of hydrogen-bond donors (Lipinski definition) is 0. The number of esters is 1. The number of aryl methyl sites for hydroxylation is 1. The SMILES string of the molecule is CCOC(=O)c1cc(S(=O)(=O)N(C)CC(=O)N2CCN(c3ccc(C(C)=O)cc3)CC2)cn1C. The molecule has 10 nitrogen and oxygen atoms in total. The van der Waals surface area contributed by atoms with E-state index in [0.29, 0.717) is 31.7 Å². The molecule has 2 aromatic rings. The van der Waals surface area contributed by atoms with Gasteiger partial charge in [-0.2, -0.15) is 4.31 Å². The van der Waals surface area contributed by atoms with Gasteiger partial charge in [0.2, 0.25) is 15.9 Å². The molecular formula is C23H30N4O6S. The number of sulfonamides is 1. The molecule has 3 rings (SSSR count). The van der Waals surface area contributed by atoms with E-state index >= 15 is 0 Å². The summed E-state index contributed by atoms with van der Waals surface area (Å²) in [5.74, 6) is -0.896. The maximum Gasteiger partial charge on any atom is 0.354 e. The van der Waals surface area contributed by atoms with Crippen LogP contribution in [0.5, 0.6) is 0 Å². The van der Waals surface area contributed by atoms with Crippen molar-refractivity contribution in [3.63, 3.8) is 0 Å². The summed E-state index contributed by atoms with van der Waals surface area (Å²) in [6, 6.07) is 8.60. The lowest BCUT2D eigenvalue weighted by molar-refractivity contribution is -0.131. The van der Waals surface area contributed by atoms with Gasteiger partial charge in [-0.25, -0.2) is 13.2 Å². The van der Waals surface area contributed by atoms with Crippen molar-refractivity contribution in [3.8, 4) is 0 Å². The fraction of sp³-hybridized carbons (Fsp3) is 0.435. The van der Waals surface area contributed by atoms with Gasteiger partial charge in [-0.15, -0.1) is 0 Å². The van der Waals surface area contributed by atoms with Crippen molar-refractivity contribution in [3.05, 3.63) is 47.8 Å². The standard InChI is InChI=1S/C23H30N4O6S/c1-5-33-23(30)21-14-20(15-24(21)3)34(31,32)25(4)16-22(29)27-12-10-26(11-13-27)19-8-6-18(7-9-19)17(2)28/h6-9,14-15H,5,10-13,16H2,1-4H3. The number of amides is 1. The minimum atomic E-state index is -3.97. The Morgan fingerprint density at radius 3 is 2.24 bits per heavy atom. The van der Waals surface area contributed by atoms with Crippen molar-refractivity contribution >= 4 is 33.4 Å². The van der Waals surface area contributed by atoms with E-state index in [2.05, 4.69) is 4.90 Å². The van der Waals surface area contributed by atoms with E-state index in [-0.39, 0.29) is 35.4 Å². The van der Waals surface area contributed by atoms with Crippen LogP contribution >= 0.6 is 0 Å². The molecule has 2 heterocycles. The van der Waals surface area contributed by atoms with Gasteiger partial charge in [0.15, 0.2) is 5.78 Å². The van der Waals surface area contributed by atoms with Gasteiger partial charge in [0.05, 0.1) is 13.2 Å². The Hall–Kier alpha value is -3.18. The van der Waals surface area contributed by atoms with Crippen molar-refractivity contribution in [1.29, 1.82) is 0 Å². The quantitative estimate of drug-likeness (QED) is 0.406. The maximum atomic E-state index is 13.0. The highest BCUT2D eigenvalue weighted by atomic mass is 32.2. The number of carbonyl (C=O) groups excluding carboxylic acids is 3. The molecule has 0 radical (unpaired) electrons. The van der Waals surface area contributed by atoms with Crippen LogP contribution in [0.25, 0.3) is 0 Å². The summed E-state index contributed by atoms with van der Waals surface area (Å²) >= 11 is 0. The van der Waals surface area contributed by atoms with E-state index in [1.54, 1.807) is 31.0 Å². The van der Waals surface area contributed by atoms with Gasteiger partial charge in [-0.05, 0) is 44.2 Å². The zero-order valence-corrected chi connectivity index (χ0v) is 20.7. The minimum Gasteiger partial charge on any atom is -0.461 e. The summed E-state index contributed by atoms with van der Waals surface area (Å²) < 4.78 is 33.3. The largest absolute Gasteiger partial charge is 0.461 e. The molecule has 0 N–H and O–H groups in total. The van der Waals surface area contributed by atoms with Crippen LogP contribution in [0.4, 0.5) is 5.69 Å². The first-order valence-corrected chi connectivity index (χ1v) is 12.4. The Labute approximate surface area is 199 Å². The highest BCUT2D eigenvalue weighted by Crippen LogP contribution is 2.20. The minimum absolute atomic E-state index is 0.00802. The first-order valence-electron chi connectivity index (χ1n) is 11.0. The highest BCUT2D eigenvalue weighted by molar-refractivity contribution is 7.89. The molecule has 1 aliphatic rings. The molecule has 184 valence electrons. The number of ketones is 1. The van der Waals surface area contributed by atoms with Crippen LogP contribution in [-0.4, -0.2) is 86.2 Å². The monoisotopic (exact) mass is 490 g/mol. The smallest absolute Gasteiger partial charge is 0.354 e. The number of hydrogen-bond acceptors (Lipinski definition) is 7. The van der Waals surface area contributed by atoms with E-state index in [1.165, 1.54) is 30.8 Å². The third-order valence-electron chi connectivity index (χ3n) is 5.80. The molecule has 34 heavy (non-hydrogen) atoms. The average Bonchev–Trinajstić information content (AvgIpc) is 3.22. The van der Waals surface area contributed by atoms with Crippen molar-refractivity contribution in [2.75, 3.05) is 51.3 Å². The average molecular weight is 491 g/mol. The number of ether oxygens (including phenoxy) is 1. The molecule has 0 aliphatic carbocycles. The summed E-state index contributed by atoms with van der Waals surface area (Å²) in [5, 5.41) is 0. The predicted molar refractivity (Wildman–Crippen MR) is 126 cm³/mol. The molecule has 1 saturated heterocycles. The van der Waals surface area contributed by atoms with Crippen molar-refractivity contribution in [1.82, 2.24) is 13.8 Å². The number of rotatable bonds is 8. The second-order valence-electron chi connectivity index (χ2n) is 8.12. The Kier molecular flexibility index (Phi) is 7.78. The lowest BCUT2D eigenvalue weighted by Gasteiger charge is -2.36. The highest BCUT2D eigenvalue weighted by Gasteiger charge is 2.29. The lowest BCUT2D eigenvalue weighted by Crippen LogP contribution is -2.51. The van der Waals surface area contributed by atoms with E-state index < -0.39 is 16.0 Å². The molecule has 1 fully saturated rings. The molecule has 11 heteroatoms. The molecule has 0 unspecified atom stereocenters. The van der Waals surface area contributed by atoms with E-state index in [9.17, 15) is 22.8 Å². The summed E-state index contributed by atoms with van der Waals surface area (Å²) in [5.41, 5.74) is 1.74. The van der Waals surface area contributed by atoms with Crippen LogP contribution in [-0.2, 0) is 26.6 Å². The Bertz CT molecular complexity index is 1160. The summed E-state index contributed by atoms with van der Waals surface area (Å²) in [4.78, 5) is 39.9. The molecule has 0 saturated carbocycles. The van der Waals surface area contributed by atoms with Crippen molar-refractivity contribution in [2.24, 2.45) is 7.05 Å². The zero-order chi connectivity index (χ0) is 25.0. The number of likely N-dealkylation sites (N-methyl/N-ethyl adjacent to an activating group) is 1. The Balaban J connectivity index is 1.60. The van der Waals surface area contributed by atoms with Gasteiger partial charge in [0.1, 0.15) is 10.6 Å². The fourth-order valence-corrected chi connectivity index (χ4v) is 4.95. The lowest BCUT2D eigenvalue weighted by atomic mass is 10.1. The number of carbonyl (C=O) groups is 3. The molecule has 1 aromatic carbocycles. The van der Waals surface area contributed by atoms with Crippen LogP contribution in [0.2, 0.25) is 0 Å². The van der Waals surface area contributed by atoms with Gasteiger partial charge in [0.25, 0.3) is 0 Å². The number of benzene rings is 1. The molecule has 0 atom stereocenters. The van der Waals surface area contributed by atoms with E-state index in [1.807, 2.05) is 12.1 Å². The third-order valence-corrected chi connectivity index (χ3v) is 7.57. The van der Waals surface area contributed by atoms with E-state index in [4.69, 9.17) is 4.74 Å². The van der Waals surface area contributed by atoms with Gasteiger partial charge >= 0.3 is 5.97 Å². The second kappa shape index (κ2) is 10.4. The fourth-order valence-electron chi connectivity index (χ4n) is 3.76. The summed E-state index contributed by atoms with van der Waals surface area (Å²) in [7, 11) is -1.07. The predicted octanol–water partition coefficient (Wildman–Crippen LogP) is 1.37. The maximum absolute atomic E-state index is 13.0. The van der Waals surface area contributed by atoms with Crippen LogP contribution in [0, 0.1) is 0 Å². The normalized spacial score (nSPS) is 14.4. The first-order chi connectivity index (χ1) is 16.0. The number of aromatic nitrogens is 1. The van der Waals surface area contributed by atoms with Crippen molar-refractivity contribution in [2.45, 2.75) is 18.7 Å². The molecule has 1 amide bonds. The van der Waals surface area contributed by atoms with Crippen LogP contribution in [0.15, 0.2) is 41.4 Å². The molecular weight excluding hydrogens is 460 g/mol. The van der Waals surface area contributed by atoms with Gasteiger partial charge in [0, 0.05) is 57.7 Å². The third kappa shape index (κ3) is 5.48.